The second-order valence-electron chi connectivity index (χ2n) is 5.48. The Bertz CT molecular complexity index is 229. The Labute approximate surface area is 95.4 Å². The molecule has 0 aromatic heterocycles. The molecule has 2 fully saturated rings. The van der Waals surface area contributed by atoms with E-state index in [-0.39, 0.29) is 12.8 Å². The Morgan fingerprint density at radius 1 is 1.06 bits per heavy atom. The molecule has 0 aromatic carbocycles. The van der Waals surface area contributed by atoms with Crippen molar-refractivity contribution in [2.75, 3.05) is 13.1 Å². The van der Waals surface area contributed by atoms with Crippen LogP contribution in [0.2, 0.25) is 0 Å². The predicted octanol–water partition coefficient (Wildman–Crippen LogP) is 2.32. The Hall–Kier alpha value is -0.220. The highest BCUT2D eigenvalue weighted by Crippen LogP contribution is 2.40. The van der Waals surface area contributed by atoms with Crippen molar-refractivity contribution in [3.05, 3.63) is 0 Å². The lowest BCUT2D eigenvalue weighted by atomic mass is 9.76. The molecule has 1 saturated heterocycles. The first kappa shape index (κ1) is 12.2. The van der Waals surface area contributed by atoms with Crippen molar-refractivity contribution in [2.45, 2.75) is 56.5 Å². The summed E-state index contributed by atoms with van der Waals surface area (Å²) in [5.41, 5.74) is -0.595. The fraction of sp³-hybridized carbons (Fsp3) is 1.00. The van der Waals surface area contributed by atoms with E-state index in [1.165, 1.54) is 0 Å². The number of halogens is 2. The highest BCUT2D eigenvalue weighted by atomic mass is 19.3. The highest BCUT2D eigenvalue weighted by molar-refractivity contribution is 4.88. The quantitative estimate of drug-likeness (QED) is 0.767. The number of piperidine rings is 1. The molecule has 0 aromatic rings. The summed E-state index contributed by atoms with van der Waals surface area (Å²) in [5.74, 6) is -2.16. The van der Waals surface area contributed by atoms with Gasteiger partial charge in [0.05, 0.1) is 5.60 Å². The minimum Gasteiger partial charge on any atom is -0.390 e. The Morgan fingerprint density at radius 3 is 2.19 bits per heavy atom. The molecule has 2 rings (SSSR count). The maximum Gasteiger partial charge on any atom is 0.248 e. The number of hydrogen-bond donors (Lipinski definition) is 2. The molecular formula is C12H21F2NO. The van der Waals surface area contributed by atoms with Crippen molar-refractivity contribution in [1.82, 2.24) is 5.32 Å². The highest BCUT2D eigenvalue weighted by Gasteiger charge is 2.38. The molecule has 1 aliphatic heterocycles. The third kappa shape index (κ3) is 3.14. The summed E-state index contributed by atoms with van der Waals surface area (Å²) >= 11 is 0. The zero-order valence-corrected chi connectivity index (χ0v) is 9.64. The van der Waals surface area contributed by atoms with E-state index in [2.05, 4.69) is 5.32 Å². The second-order valence-corrected chi connectivity index (χ2v) is 5.48. The van der Waals surface area contributed by atoms with Crippen molar-refractivity contribution < 1.29 is 13.9 Å². The summed E-state index contributed by atoms with van der Waals surface area (Å²) in [5, 5.41) is 13.5. The maximum atomic E-state index is 13.0. The number of nitrogens with one attached hydrogen (secondary N) is 1. The van der Waals surface area contributed by atoms with Crippen molar-refractivity contribution in [2.24, 2.45) is 5.92 Å². The van der Waals surface area contributed by atoms with Crippen molar-refractivity contribution >= 4 is 0 Å². The normalized spacial score (nSPS) is 30.2. The summed E-state index contributed by atoms with van der Waals surface area (Å²) in [6.45, 7) is 1.69. The Kier molecular flexibility index (Phi) is 3.50. The first-order valence-electron chi connectivity index (χ1n) is 6.30. The minimum atomic E-state index is -2.45. The topological polar surface area (TPSA) is 32.3 Å². The van der Waals surface area contributed by atoms with Gasteiger partial charge in [0.2, 0.25) is 5.92 Å². The molecule has 2 N–H and O–H groups in total. The van der Waals surface area contributed by atoms with Gasteiger partial charge in [0.1, 0.15) is 0 Å². The van der Waals surface area contributed by atoms with Crippen LogP contribution in [-0.4, -0.2) is 29.7 Å². The number of alkyl halides is 2. The molecule has 0 atom stereocenters. The minimum absolute atomic E-state index is 0.00595. The zero-order chi connectivity index (χ0) is 11.6. The predicted molar refractivity (Wildman–Crippen MR) is 58.6 cm³/mol. The second kappa shape index (κ2) is 4.57. The molecule has 1 heterocycles. The van der Waals surface area contributed by atoms with Crippen molar-refractivity contribution in [1.29, 1.82) is 0 Å². The number of hydrogen-bond acceptors (Lipinski definition) is 2. The third-order valence-electron chi connectivity index (χ3n) is 4.04. The van der Waals surface area contributed by atoms with E-state index in [0.29, 0.717) is 25.2 Å². The molecule has 94 valence electrons. The lowest BCUT2D eigenvalue weighted by Gasteiger charge is -2.38. The SMILES string of the molecule is OC1(CC2CCC(F)(F)CC2)CCNCC1. The average molecular weight is 233 g/mol. The van der Waals surface area contributed by atoms with Crippen LogP contribution in [0.3, 0.4) is 0 Å². The van der Waals surface area contributed by atoms with Gasteiger partial charge in [-0.15, -0.1) is 0 Å². The van der Waals surface area contributed by atoms with E-state index < -0.39 is 11.5 Å². The molecule has 2 nitrogen and oxygen atoms in total. The smallest absolute Gasteiger partial charge is 0.248 e. The van der Waals surface area contributed by atoms with Gasteiger partial charge in [-0.25, -0.2) is 8.78 Å². The molecule has 1 aliphatic carbocycles. The average Bonchev–Trinajstić information content (AvgIpc) is 2.22. The van der Waals surface area contributed by atoms with Crippen LogP contribution in [0.5, 0.6) is 0 Å². The molecule has 0 amide bonds. The molecule has 0 bridgehead atoms. The molecule has 2 aliphatic rings. The van der Waals surface area contributed by atoms with Gasteiger partial charge in [0.15, 0.2) is 0 Å². The third-order valence-corrected chi connectivity index (χ3v) is 4.04. The van der Waals surface area contributed by atoms with Crippen molar-refractivity contribution in [3.8, 4) is 0 Å². The van der Waals surface area contributed by atoms with Gasteiger partial charge in [0, 0.05) is 12.8 Å². The van der Waals surface area contributed by atoms with E-state index >= 15 is 0 Å². The Morgan fingerprint density at radius 2 is 1.62 bits per heavy atom. The van der Waals surface area contributed by atoms with E-state index in [1.54, 1.807) is 0 Å². The van der Waals surface area contributed by atoms with Gasteiger partial charge in [0.25, 0.3) is 0 Å². The standard InChI is InChI=1S/C12H21F2NO/c13-12(14)3-1-10(2-4-12)9-11(16)5-7-15-8-6-11/h10,15-16H,1-9H2. The lowest BCUT2D eigenvalue weighted by Crippen LogP contribution is -2.43. The maximum absolute atomic E-state index is 13.0. The molecule has 16 heavy (non-hydrogen) atoms. The summed E-state index contributed by atoms with van der Waals surface area (Å²) in [4.78, 5) is 0. The zero-order valence-electron chi connectivity index (χ0n) is 9.64. The van der Waals surface area contributed by atoms with Crippen LogP contribution < -0.4 is 5.32 Å². The lowest BCUT2D eigenvalue weighted by molar-refractivity contribution is -0.0661. The van der Waals surface area contributed by atoms with Crippen LogP contribution in [0.1, 0.15) is 44.9 Å². The van der Waals surface area contributed by atoms with Crippen LogP contribution in [-0.2, 0) is 0 Å². The van der Waals surface area contributed by atoms with E-state index in [9.17, 15) is 13.9 Å². The van der Waals surface area contributed by atoms with Gasteiger partial charge in [-0.2, -0.15) is 0 Å². The summed E-state index contributed by atoms with van der Waals surface area (Å²) in [6.07, 6.45) is 3.40. The fourth-order valence-electron chi connectivity index (χ4n) is 2.94. The number of rotatable bonds is 2. The van der Waals surface area contributed by atoms with Gasteiger partial charge < -0.3 is 10.4 Å². The number of aliphatic hydroxyl groups is 1. The fourth-order valence-corrected chi connectivity index (χ4v) is 2.94. The van der Waals surface area contributed by atoms with Gasteiger partial charge in [-0.05, 0) is 51.1 Å². The largest absolute Gasteiger partial charge is 0.390 e. The first-order chi connectivity index (χ1) is 7.49. The van der Waals surface area contributed by atoms with Gasteiger partial charge in [-0.1, -0.05) is 0 Å². The summed E-state index contributed by atoms with van der Waals surface area (Å²) in [7, 11) is 0. The van der Waals surface area contributed by atoms with Gasteiger partial charge in [-0.3, -0.25) is 0 Å². The van der Waals surface area contributed by atoms with Crippen LogP contribution >= 0.6 is 0 Å². The van der Waals surface area contributed by atoms with Gasteiger partial charge >= 0.3 is 0 Å². The van der Waals surface area contributed by atoms with Crippen LogP contribution in [0.4, 0.5) is 8.78 Å². The van der Waals surface area contributed by atoms with Crippen LogP contribution in [0.15, 0.2) is 0 Å². The van der Waals surface area contributed by atoms with Crippen LogP contribution in [0.25, 0.3) is 0 Å². The monoisotopic (exact) mass is 233 g/mol. The van der Waals surface area contributed by atoms with E-state index in [0.717, 1.165) is 25.9 Å². The molecular weight excluding hydrogens is 212 g/mol. The van der Waals surface area contributed by atoms with Crippen molar-refractivity contribution in [3.63, 3.8) is 0 Å². The molecule has 1 saturated carbocycles. The molecule has 4 heteroatoms. The van der Waals surface area contributed by atoms with Crippen LogP contribution in [0, 0.1) is 5.92 Å². The molecule has 0 radical (unpaired) electrons. The molecule has 0 unspecified atom stereocenters. The molecule has 0 spiro atoms. The summed E-state index contributed by atoms with van der Waals surface area (Å²) < 4.78 is 26.0. The Balaban J connectivity index is 1.81. The first-order valence-corrected chi connectivity index (χ1v) is 6.30. The van der Waals surface area contributed by atoms with E-state index in [1.807, 2.05) is 0 Å². The van der Waals surface area contributed by atoms with E-state index in [4.69, 9.17) is 0 Å². The summed E-state index contributed by atoms with van der Waals surface area (Å²) in [6, 6.07) is 0.